The van der Waals surface area contributed by atoms with Crippen LogP contribution in [0.5, 0.6) is 0 Å². The lowest BCUT2D eigenvalue weighted by Crippen LogP contribution is -1.93. The van der Waals surface area contributed by atoms with Gasteiger partial charge >= 0.3 is 5.97 Å². The van der Waals surface area contributed by atoms with E-state index in [1.165, 1.54) is 32.4 Å². The number of ether oxygens (including phenoxy) is 1. The van der Waals surface area contributed by atoms with Crippen LogP contribution >= 0.6 is 0 Å². The lowest BCUT2D eigenvalue weighted by atomic mass is 10.1. The van der Waals surface area contributed by atoms with E-state index in [9.17, 15) is 4.79 Å². The van der Waals surface area contributed by atoms with Crippen molar-refractivity contribution in [3.8, 4) is 0 Å². The highest BCUT2D eigenvalue weighted by molar-refractivity contribution is 5.81. The zero-order valence-electron chi connectivity index (χ0n) is 9.00. The van der Waals surface area contributed by atoms with Gasteiger partial charge in [0.2, 0.25) is 0 Å². The van der Waals surface area contributed by atoms with Crippen molar-refractivity contribution < 1.29 is 9.53 Å². The summed E-state index contributed by atoms with van der Waals surface area (Å²) in [6.07, 6.45) is 12.2. The molecule has 0 aromatic heterocycles. The smallest absolute Gasteiger partial charge is 0.330 e. The van der Waals surface area contributed by atoms with Crippen molar-refractivity contribution in [3.05, 3.63) is 24.8 Å². The monoisotopic (exact) mass is 196 g/mol. The van der Waals surface area contributed by atoms with Crippen LogP contribution in [0, 0.1) is 0 Å². The molecular weight excluding hydrogens is 176 g/mol. The third kappa shape index (κ3) is 9.04. The van der Waals surface area contributed by atoms with Gasteiger partial charge in [0.15, 0.2) is 0 Å². The SMILES string of the molecule is C=CCCCCCCC=CC(=O)OC. The summed E-state index contributed by atoms with van der Waals surface area (Å²) in [5.74, 6) is -0.267. The van der Waals surface area contributed by atoms with Gasteiger partial charge in [-0.25, -0.2) is 4.79 Å². The number of carbonyl (C=O) groups is 1. The second-order valence-corrected chi connectivity index (χ2v) is 3.21. The van der Waals surface area contributed by atoms with Crippen LogP contribution in [-0.2, 0) is 9.53 Å². The van der Waals surface area contributed by atoms with E-state index in [0.29, 0.717) is 0 Å². The normalized spacial score (nSPS) is 10.4. The molecular formula is C12H20O2. The topological polar surface area (TPSA) is 26.3 Å². The van der Waals surface area contributed by atoms with Crippen molar-refractivity contribution in [1.29, 1.82) is 0 Å². The highest BCUT2D eigenvalue weighted by atomic mass is 16.5. The molecule has 0 aliphatic rings. The Hall–Kier alpha value is -1.05. The van der Waals surface area contributed by atoms with Crippen LogP contribution in [0.2, 0.25) is 0 Å². The van der Waals surface area contributed by atoms with Crippen molar-refractivity contribution in [1.82, 2.24) is 0 Å². The first-order valence-corrected chi connectivity index (χ1v) is 5.16. The molecule has 0 atom stereocenters. The summed E-state index contributed by atoms with van der Waals surface area (Å²) in [4.78, 5) is 10.7. The van der Waals surface area contributed by atoms with E-state index >= 15 is 0 Å². The Balaban J connectivity index is 3.16. The molecule has 0 aliphatic heterocycles. The van der Waals surface area contributed by atoms with Gasteiger partial charge in [0.25, 0.3) is 0 Å². The van der Waals surface area contributed by atoms with Crippen molar-refractivity contribution >= 4 is 5.97 Å². The molecule has 0 rings (SSSR count). The van der Waals surface area contributed by atoms with Gasteiger partial charge in [-0.3, -0.25) is 0 Å². The van der Waals surface area contributed by atoms with Crippen molar-refractivity contribution in [2.24, 2.45) is 0 Å². The summed E-state index contributed by atoms with van der Waals surface area (Å²) in [5, 5.41) is 0. The molecule has 0 N–H and O–H groups in total. The Morgan fingerprint density at radius 2 is 1.86 bits per heavy atom. The molecule has 0 amide bonds. The Kier molecular flexibility index (Phi) is 9.28. The quantitative estimate of drug-likeness (QED) is 0.258. The number of hydrogen-bond donors (Lipinski definition) is 0. The van der Waals surface area contributed by atoms with E-state index in [1.807, 2.05) is 12.2 Å². The molecule has 2 nitrogen and oxygen atoms in total. The van der Waals surface area contributed by atoms with E-state index in [-0.39, 0.29) is 5.97 Å². The molecule has 0 radical (unpaired) electrons. The van der Waals surface area contributed by atoms with Crippen LogP contribution in [0.3, 0.4) is 0 Å². The summed E-state index contributed by atoms with van der Waals surface area (Å²) < 4.78 is 4.47. The molecule has 14 heavy (non-hydrogen) atoms. The zero-order valence-corrected chi connectivity index (χ0v) is 9.00. The first kappa shape index (κ1) is 12.9. The van der Waals surface area contributed by atoms with Crippen LogP contribution in [0.1, 0.15) is 38.5 Å². The van der Waals surface area contributed by atoms with Crippen LogP contribution in [0.25, 0.3) is 0 Å². The molecule has 0 saturated heterocycles. The van der Waals surface area contributed by atoms with Gasteiger partial charge in [-0.15, -0.1) is 6.58 Å². The summed E-state index contributed by atoms with van der Waals surface area (Å²) >= 11 is 0. The largest absolute Gasteiger partial charge is 0.466 e. The van der Waals surface area contributed by atoms with E-state index in [4.69, 9.17) is 0 Å². The number of unbranched alkanes of at least 4 members (excludes halogenated alkanes) is 5. The van der Waals surface area contributed by atoms with Crippen LogP contribution < -0.4 is 0 Å². The molecule has 0 bridgehead atoms. The number of methoxy groups -OCH3 is 1. The molecule has 0 fully saturated rings. The number of allylic oxidation sites excluding steroid dienone is 2. The fourth-order valence-electron chi connectivity index (χ4n) is 1.15. The third-order valence-corrected chi connectivity index (χ3v) is 1.98. The van der Waals surface area contributed by atoms with Crippen molar-refractivity contribution in [2.75, 3.05) is 7.11 Å². The van der Waals surface area contributed by atoms with E-state index < -0.39 is 0 Å². The predicted molar refractivity (Wildman–Crippen MR) is 59.1 cm³/mol. The molecule has 0 unspecified atom stereocenters. The predicted octanol–water partition coefficient (Wildman–Crippen LogP) is 3.24. The minimum atomic E-state index is -0.267. The molecule has 2 heteroatoms. The number of esters is 1. The molecule has 0 aromatic carbocycles. The minimum Gasteiger partial charge on any atom is -0.466 e. The summed E-state index contributed by atoms with van der Waals surface area (Å²) in [7, 11) is 1.39. The lowest BCUT2D eigenvalue weighted by molar-refractivity contribution is -0.134. The first-order chi connectivity index (χ1) is 6.81. The Bertz CT molecular complexity index is 183. The molecule has 0 heterocycles. The van der Waals surface area contributed by atoms with Gasteiger partial charge in [0.1, 0.15) is 0 Å². The Labute approximate surface area is 86.6 Å². The zero-order chi connectivity index (χ0) is 10.6. The Morgan fingerprint density at radius 1 is 1.21 bits per heavy atom. The summed E-state index contributed by atoms with van der Waals surface area (Å²) in [6.45, 7) is 3.67. The molecule has 0 aromatic rings. The average molecular weight is 196 g/mol. The number of rotatable bonds is 8. The summed E-state index contributed by atoms with van der Waals surface area (Å²) in [5.41, 5.74) is 0. The maximum Gasteiger partial charge on any atom is 0.330 e. The van der Waals surface area contributed by atoms with Gasteiger partial charge < -0.3 is 4.74 Å². The van der Waals surface area contributed by atoms with Gasteiger partial charge in [0.05, 0.1) is 7.11 Å². The Morgan fingerprint density at radius 3 is 2.43 bits per heavy atom. The lowest BCUT2D eigenvalue weighted by Gasteiger charge is -1.96. The minimum absolute atomic E-state index is 0.267. The van der Waals surface area contributed by atoms with E-state index in [2.05, 4.69) is 11.3 Å². The highest BCUT2D eigenvalue weighted by Crippen LogP contribution is 2.05. The van der Waals surface area contributed by atoms with Gasteiger partial charge in [-0.05, 0) is 25.7 Å². The van der Waals surface area contributed by atoms with Crippen LogP contribution in [0.4, 0.5) is 0 Å². The number of carbonyl (C=O) groups excluding carboxylic acids is 1. The van der Waals surface area contributed by atoms with Gasteiger partial charge in [0, 0.05) is 6.08 Å². The highest BCUT2D eigenvalue weighted by Gasteiger charge is 1.90. The van der Waals surface area contributed by atoms with E-state index in [0.717, 1.165) is 19.3 Å². The fourth-order valence-corrected chi connectivity index (χ4v) is 1.15. The van der Waals surface area contributed by atoms with E-state index in [1.54, 1.807) is 0 Å². The molecule has 0 aliphatic carbocycles. The molecule has 0 spiro atoms. The maximum atomic E-state index is 10.7. The molecule has 0 saturated carbocycles. The van der Waals surface area contributed by atoms with Crippen LogP contribution in [0.15, 0.2) is 24.8 Å². The third-order valence-electron chi connectivity index (χ3n) is 1.98. The van der Waals surface area contributed by atoms with Gasteiger partial charge in [-0.2, -0.15) is 0 Å². The molecule has 80 valence electrons. The standard InChI is InChI=1S/C12H20O2/c1-3-4-5-6-7-8-9-10-11-12(13)14-2/h3,10-11H,1,4-9H2,2H3. The second-order valence-electron chi connectivity index (χ2n) is 3.21. The number of hydrogen-bond acceptors (Lipinski definition) is 2. The second kappa shape index (κ2) is 10.0. The van der Waals surface area contributed by atoms with Crippen molar-refractivity contribution in [3.63, 3.8) is 0 Å². The average Bonchev–Trinajstić information content (AvgIpc) is 2.21. The van der Waals surface area contributed by atoms with Crippen molar-refractivity contribution in [2.45, 2.75) is 38.5 Å². The van der Waals surface area contributed by atoms with Gasteiger partial charge in [-0.1, -0.05) is 25.0 Å². The summed E-state index contributed by atoms with van der Waals surface area (Å²) in [6, 6.07) is 0. The maximum absolute atomic E-state index is 10.7. The fraction of sp³-hybridized carbons (Fsp3) is 0.583. The van der Waals surface area contributed by atoms with Crippen LogP contribution in [-0.4, -0.2) is 13.1 Å². The first-order valence-electron chi connectivity index (χ1n) is 5.16.